The van der Waals surface area contributed by atoms with Gasteiger partial charge in [0, 0.05) is 29.8 Å². The summed E-state index contributed by atoms with van der Waals surface area (Å²) in [5.74, 6) is 2.93. The fourth-order valence-corrected chi connectivity index (χ4v) is 5.82. The Morgan fingerprint density at radius 1 is 0.750 bits per heavy atom. The Morgan fingerprint density at radius 3 is 1.54 bits per heavy atom. The van der Waals surface area contributed by atoms with Gasteiger partial charge in [0.05, 0.1) is 26.2 Å². The van der Waals surface area contributed by atoms with Crippen molar-refractivity contribution >= 4 is 19.7 Å². The summed E-state index contributed by atoms with van der Waals surface area (Å²) in [4.78, 5) is 0. The lowest BCUT2D eigenvalue weighted by atomic mass is 10.0. The third-order valence-corrected chi connectivity index (χ3v) is 6.75. The second-order valence-corrected chi connectivity index (χ2v) is 13.3. The normalized spacial score (nSPS) is 13.4. The van der Waals surface area contributed by atoms with Gasteiger partial charge in [-0.2, -0.15) is 0 Å². The molecule has 0 rings (SSSR count). The van der Waals surface area contributed by atoms with Crippen LogP contribution < -0.4 is 0 Å². The number of unbranched alkanes of at least 4 members (excludes halogenated alkanes) is 3. The maximum absolute atomic E-state index is 11.1. The summed E-state index contributed by atoms with van der Waals surface area (Å²) in [5, 5.41) is 0. The highest BCUT2D eigenvalue weighted by atomic mass is 33.1. The van der Waals surface area contributed by atoms with Crippen molar-refractivity contribution in [3.05, 3.63) is 0 Å². The molecule has 0 atom stereocenters. The molecule has 5 heteroatoms. The van der Waals surface area contributed by atoms with Gasteiger partial charge in [-0.25, -0.2) is 8.42 Å². The Bertz CT molecular complexity index is 391. The fraction of sp³-hybridized carbons (Fsp3) is 1.00. The summed E-state index contributed by atoms with van der Waals surface area (Å²) in [6, 6.07) is 0. The zero-order chi connectivity index (χ0) is 18.8. The van der Waals surface area contributed by atoms with Gasteiger partial charge in [0.1, 0.15) is 0 Å². The minimum Gasteiger partial charge on any atom is -0.323 e. The Balaban J connectivity index is 4.43. The van der Waals surface area contributed by atoms with E-state index >= 15 is 0 Å². The summed E-state index contributed by atoms with van der Waals surface area (Å²) in [6.07, 6.45) is 5.94. The van der Waals surface area contributed by atoms with Crippen LogP contribution in [0.2, 0.25) is 0 Å². The van der Waals surface area contributed by atoms with Crippen LogP contribution in [-0.4, -0.2) is 51.1 Å². The Kier molecular flexibility index (Phi) is 11.9. The maximum Gasteiger partial charge on any atom is 0.198 e. The van der Waals surface area contributed by atoms with Crippen LogP contribution in [0.25, 0.3) is 0 Å². The van der Waals surface area contributed by atoms with E-state index in [0.29, 0.717) is 0 Å². The molecule has 0 heterocycles. The second-order valence-electron chi connectivity index (χ2n) is 8.73. The van der Waals surface area contributed by atoms with Gasteiger partial charge >= 0.3 is 0 Å². The van der Waals surface area contributed by atoms with Crippen molar-refractivity contribution in [2.45, 2.75) is 67.2 Å². The molecule has 0 N–H and O–H groups in total. The van der Waals surface area contributed by atoms with Gasteiger partial charge in [0.15, 0.2) is 8.87 Å². The quantitative estimate of drug-likeness (QED) is 0.241. The monoisotopic (exact) mass is 380 g/mol. The van der Waals surface area contributed by atoms with E-state index in [1.807, 2.05) is 0 Å². The third kappa shape index (κ3) is 13.5. The van der Waals surface area contributed by atoms with Crippen LogP contribution in [0.4, 0.5) is 0 Å². The lowest BCUT2D eigenvalue weighted by molar-refractivity contribution is -0.936. The summed E-state index contributed by atoms with van der Waals surface area (Å²) < 4.78 is 23.5. The third-order valence-electron chi connectivity index (χ3n) is 4.08. The highest BCUT2D eigenvalue weighted by Crippen LogP contribution is 2.21. The van der Waals surface area contributed by atoms with Crippen LogP contribution in [-0.2, 0) is 8.87 Å². The molecule has 0 aliphatic rings. The summed E-state index contributed by atoms with van der Waals surface area (Å²) in [7, 11) is -1.78. The standard InChI is InChI=1S/C19H42NO2S2/c1-17(2)14-20(15-18(3)4,16-19(5)6)12-10-8-9-11-13-23-24(7,21)22/h17-19H,8-16H2,1-7H3/q+1. The molecule has 0 bridgehead atoms. The van der Waals surface area contributed by atoms with E-state index in [-0.39, 0.29) is 0 Å². The van der Waals surface area contributed by atoms with Gasteiger partial charge in [-0.3, -0.25) is 0 Å². The van der Waals surface area contributed by atoms with E-state index in [1.54, 1.807) is 0 Å². The minimum absolute atomic E-state index is 0.730. The topological polar surface area (TPSA) is 34.1 Å². The molecule has 0 aliphatic carbocycles. The van der Waals surface area contributed by atoms with Gasteiger partial charge in [0.2, 0.25) is 0 Å². The van der Waals surface area contributed by atoms with Crippen LogP contribution in [0.5, 0.6) is 0 Å². The zero-order valence-electron chi connectivity index (χ0n) is 17.2. The first-order chi connectivity index (χ1) is 11.0. The minimum atomic E-state index is -2.87. The summed E-state index contributed by atoms with van der Waals surface area (Å²) in [5.41, 5.74) is 0. The Morgan fingerprint density at radius 2 is 1.17 bits per heavy atom. The van der Waals surface area contributed by atoms with E-state index < -0.39 is 8.87 Å². The Hall–Kier alpha value is 0.260. The van der Waals surface area contributed by atoms with Gasteiger partial charge < -0.3 is 4.48 Å². The molecule has 0 saturated carbocycles. The molecule has 3 nitrogen and oxygen atoms in total. The number of rotatable bonds is 14. The molecule has 24 heavy (non-hydrogen) atoms. The van der Waals surface area contributed by atoms with Crippen LogP contribution in [0.3, 0.4) is 0 Å². The van der Waals surface area contributed by atoms with Crippen molar-refractivity contribution in [1.29, 1.82) is 0 Å². The van der Waals surface area contributed by atoms with E-state index in [4.69, 9.17) is 0 Å². The molecule has 0 radical (unpaired) electrons. The molecule has 0 unspecified atom stereocenters. The molecule has 0 aromatic carbocycles. The average molecular weight is 381 g/mol. The molecule has 0 aromatic rings. The molecular weight excluding hydrogens is 338 g/mol. The van der Waals surface area contributed by atoms with Gasteiger partial charge in [-0.15, -0.1) is 0 Å². The molecular formula is C19H42NO2S2+. The number of quaternary nitrogens is 1. The second kappa shape index (κ2) is 11.8. The molecule has 0 amide bonds. The van der Waals surface area contributed by atoms with E-state index in [0.717, 1.165) is 47.1 Å². The first-order valence-corrected chi connectivity index (χ1v) is 13.0. The van der Waals surface area contributed by atoms with Crippen LogP contribution in [0.15, 0.2) is 0 Å². The highest BCUT2D eigenvalue weighted by Gasteiger charge is 2.30. The highest BCUT2D eigenvalue weighted by molar-refractivity contribution is 8.71. The average Bonchev–Trinajstić information content (AvgIpc) is 2.33. The zero-order valence-corrected chi connectivity index (χ0v) is 18.8. The van der Waals surface area contributed by atoms with Gasteiger partial charge in [-0.1, -0.05) is 48.0 Å². The largest absolute Gasteiger partial charge is 0.323 e. The molecule has 0 aliphatic heterocycles. The predicted octanol–water partition coefficient (Wildman–Crippen LogP) is 5.02. The lowest BCUT2D eigenvalue weighted by Gasteiger charge is -2.43. The van der Waals surface area contributed by atoms with Crippen molar-refractivity contribution in [2.75, 3.05) is 38.2 Å². The molecule has 0 fully saturated rings. The number of hydrogen-bond donors (Lipinski definition) is 0. The molecule has 0 aromatic heterocycles. The SMILES string of the molecule is CC(C)C[N+](CCCCCCSS(C)(=O)=O)(CC(C)C)CC(C)C. The van der Waals surface area contributed by atoms with Crippen molar-refractivity contribution in [1.82, 2.24) is 0 Å². The Labute approximate surface area is 155 Å². The van der Waals surface area contributed by atoms with Crippen molar-refractivity contribution in [3.8, 4) is 0 Å². The maximum atomic E-state index is 11.1. The van der Waals surface area contributed by atoms with Crippen LogP contribution >= 0.6 is 10.8 Å². The summed E-state index contributed by atoms with van der Waals surface area (Å²) >= 11 is 0. The molecule has 146 valence electrons. The first kappa shape index (κ1) is 24.3. The molecule has 0 spiro atoms. The van der Waals surface area contributed by atoms with E-state index in [1.165, 1.54) is 49.8 Å². The number of hydrogen-bond acceptors (Lipinski definition) is 3. The van der Waals surface area contributed by atoms with Crippen molar-refractivity contribution < 1.29 is 12.9 Å². The first-order valence-electron chi connectivity index (χ1n) is 9.65. The fourth-order valence-electron chi connectivity index (χ4n) is 3.93. The van der Waals surface area contributed by atoms with Crippen LogP contribution in [0.1, 0.15) is 67.2 Å². The summed E-state index contributed by atoms with van der Waals surface area (Å²) in [6.45, 7) is 19.2. The predicted molar refractivity (Wildman–Crippen MR) is 110 cm³/mol. The van der Waals surface area contributed by atoms with Crippen molar-refractivity contribution in [2.24, 2.45) is 17.8 Å². The van der Waals surface area contributed by atoms with Crippen molar-refractivity contribution in [3.63, 3.8) is 0 Å². The van der Waals surface area contributed by atoms with Gasteiger partial charge in [0.25, 0.3) is 0 Å². The smallest absolute Gasteiger partial charge is 0.198 e. The van der Waals surface area contributed by atoms with E-state index in [2.05, 4.69) is 41.5 Å². The lowest BCUT2D eigenvalue weighted by Crippen LogP contribution is -2.54. The number of nitrogens with zero attached hydrogens (tertiary/aromatic N) is 1. The van der Waals surface area contributed by atoms with Gasteiger partial charge in [-0.05, 0) is 30.1 Å². The van der Waals surface area contributed by atoms with Crippen LogP contribution in [0, 0.1) is 17.8 Å². The van der Waals surface area contributed by atoms with E-state index in [9.17, 15) is 8.42 Å². The molecule has 0 saturated heterocycles.